The van der Waals surface area contributed by atoms with Crippen LogP contribution < -0.4 is 10.6 Å². The van der Waals surface area contributed by atoms with Crippen LogP contribution in [0.2, 0.25) is 0 Å². The van der Waals surface area contributed by atoms with Crippen molar-refractivity contribution < 1.29 is 0 Å². The second-order valence-electron chi connectivity index (χ2n) is 6.33. The third-order valence-electron chi connectivity index (χ3n) is 4.99. The molecule has 1 saturated heterocycles. The van der Waals surface area contributed by atoms with E-state index < -0.39 is 0 Å². The molecule has 1 aromatic carbocycles. The van der Waals surface area contributed by atoms with Crippen LogP contribution in [0.4, 0.5) is 5.69 Å². The topological polar surface area (TPSA) is 29.3 Å². The quantitative estimate of drug-likeness (QED) is 0.872. The Hall–Kier alpha value is -1.02. The molecule has 2 heteroatoms. The van der Waals surface area contributed by atoms with Gasteiger partial charge in [0.25, 0.3) is 0 Å². The lowest BCUT2D eigenvalue weighted by Crippen LogP contribution is -2.46. The van der Waals surface area contributed by atoms with Crippen LogP contribution in [0.3, 0.4) is 0 Å². The van der Waals surface area contributed by atoms with Crippen molar-refractivity contribution in [2.24, 2.45) is 11.7 Å². The van der Waals surface area contributed by atoms with Crippen molar-refractivity contribution in [3.05, 3.63) is 29.8 Å². The molecule has 1 aliphatic heterocycles. The molecule has 3 unspecified atom stereocenters. The normalized spacial score (nSPS) is 28.8. The molecule has 0 radical (unpaired) electrons. The molecule has 0 spiro atoms. The van der Waals surface area contributed by atoms with Crippen molar-refractivity contribution in [1.29, 1.82) is 0 Å². The van der Waals surface area contributed by atoms with Gasteiger partial charge in [-0.05, 0) is 56.2 Å². The Morgan fingerprint density at radius 1 is 1.05 bits per heavy atom. The standard InChI is InChI=1S/C17H26N2/c1-13(18)14-8-10-16(11-9-14)19-12-4-6-15-5-2-3-7-17(15)19/h8-11,13,15,17H,2-7,12,18H2,1H3. The first-order chi connectivity index (χ1) is 9.25. The maximum atomic E-state index is 5.93. The van der Waals surface area contributed by atoms with E-state index in [0.29, 0.717) is 0 Å². The van der Waals surface area contributed by atoms with Gasteiger partial charge in [-0.25, -0.2) is 0 Å². The highest BCUT2D eigenvalue weighted by Gasteiger charge is 2.33. The summed E-state index contributed by atoms with van der Waals surface area (Å²) in [4.78, 5) is 2.66. The molecule has 2 fully saturated rings. The Labute approximate surface area is 117 Å². The summed E-state index contributed by atoms with van der Waals surface area (Å²) in [6, 6.07) is 9.88. The van der Waals surface area contributed by atoms with E-state index in [-0.39, 0.29) is 6.04 Å². The van der Waals surface area contributed by atoms with E-state index in [2.05, 4.69) is 29.2 Å². The van der Waals surface area contributed by atoms with Crippen LogP contribution >= 0.6 is 0 Å². The van der Waals surface area contributed by atoms with Crippen LogP contribution in [0.5, 0.6) is 0 Å². The molecule has 3 rings (SSSR count). The molecule has 2 aliphatic rings. The third-order valence-corrected chi connectivity index (χ3v) is 4.99. The Bertz CT molecular complexity index is 408. The number of piperidine rings is 1. The van der Waals surface area contributed by atoms with Crippen molar-refractivity contribution in [3.8, 4) is 0 Å². The summed E-state index contributed by atoms with van der Waals surface area (Å²) in [6.45, 7) is 3.28. The van der Waals surface area contributed by atoms with Gasteiger partial charge in [0.15, 0.2) is 0 Å². The lowest BCUT2D eigenvalue weighted by molar-refractivity contribution is 0.244. The van der Waals surface area contributed by atoms with Gasteiger partial charge >= 0.3 is 0 Å². The van der Waals surface area contributed by atoms with Gasteiger partial charge < -0.3 is 10.6 Å². The first-order valence-corrected chi connectivity index (χ1v) is 7.88. The molecule has 0 amide bonds. The number of benzene rings is 1. The second-order valence-corrected chi connectivity index (χ2v) is 6.33. The summed E-state index contributed by atoms with van der Waals surface area (Å²) in [5.74, 6) is 0.940. The van der Waals surface area contributed by atoms with E-state index in [4.69, 9.17) is 5.73 Å². The summed E-state index contributed by atoms with van der Waals surface area (Å²) >= 11 is 0. The maximum absolute atomic E-state index is 5.93. The molecule has 0 aromatic heterocycles. The summed E-state index contributed by atoms with van der Waals surface area (Å²) < 4.78 is 0. The summed E-state index contributed by atoms with van der Waals surface area (Å²) in [6.07, 6.45) is 8.49. The predicted octanol–water partition coefficient (Wildman–Crippen LogP) is 3.87. The molecule has 2 nitrogen and oxygen atoms in total. The average Bonchev–Trinajstić information content (AvgIpc) is 2.47. The molecule has 1 saturated carbocycles. The molecule has 3 atom stereocenters. The number of fused-ring (bicyclic) bond motifs is 1. The molecule has 1 aromatic rings. The van der Waals surface area contributed by atoms with Crippen LogP contribution in [0.1, 0.15) is 57.1 Å². The van der Waals surface area contributed by atoms with Gasteiger partial charge in [0.05, 0.1) is 0 Å². The van der Waals surface area contributed by atoms with Gasteiger partial charge in [-0.2, -0.15) is 0 Å². The van der Waals surface area contributed by atoms with Crippen molar-refractivity contribution in [2.45, 2.75) is 57.5 Å². The van der Waals surface area contributed by atoms with Crippen molar-refractivity contribution in [1.82, 2.24) is 0 Å². The van der Waals surface area contributed by atoms with Crippen LogP contribution in [0.25, 0.3) is 0 Å². The Morgan fingerprint density at radius 2 is 1.74 bits per heavy atom. The Balaban J connectivity index is 1.79. The maximum Gasteiger partial charge on any atom is 0.0369 e. The fourth-order valence-electron chi connectivity index (χ4n) is 3.91. The molecule has 19 heavy (non-hydrogen) atoms. The minimum absolute atomic E-state index is 0.137. The average molecular weight is 258 g/mol. The van der Waals surface area contributed by atoms with E-state index in [9.17, 15) is 0 Å². The predicted molar refractivity (Wildman–Crippen MR) is 81.4 cm³/mol. The van der Waals surface area contributed by atoms with E-state index in [0.717, 1.165) is 12.0 Å². The fraction of sp³-hybridized carbons (Fsp3) is 0.647. The van der Waals surface area contributed by atoms with Crippen LogP contribution in [0.15, 0.2) is 24.3 Å². The molecule has 104 valence electrons. The summed E-state index contributed by atoms with van der Waals surface area (Å²) in [7, 11) is 0. The largest absolute Gasteiger partial charge is 0.368 e. The smallest absolute Gasteiger partial charge is 0.0369 e. The highest BCUT2D eigenvalue weighted by molar-refractivity contribution is 5.49. The van der Waals surface area contributed by atoms with E-state index in [1.807, 2.05) is 6.92 Å². The van der Waals surface area contributed by atoms with E-state index in [1.165, 1.54) is 56.3 Å². The fourth-order valence-corrected chi connectivity index (χ4v) is 3.91. The van der Waals surface area contributed by atoms with Gasteiger partial charge in [0, 0.05) is 24.3 Å². The zero-order chi connectivity index (χ0) is 13.2. The minimum Gasteiger partial charge on any atom is -0.368 e. The number of hydrogen-bond donors (Lipinski definition) is 1. The van der Waals surface area contributed by atoms with Gasteiger partial charge in [-0.3, -0.25) is 0 Å². The van der Waals surface area contributed by atoms with Crippen molar-refractivity contribution in [3.63, 3.8) is 0 Å². The lowest BCUT2D eigenvalue weighted by atomic mass is 9.78. The van der Waals surface area contributed by atoms with Gasteiger partial charge in [0.2, 0.25) is 0 Å². The van der Waals surface area contributed by atoms with E-state index in [1.54, 1.807) is 0 Å². The zero-order valence-corrected chi connectivity index (χ0v) is 12.0. The van der Waals surface area contributed by atoms with Crippen molar-refractivity contribution in [2.75, 3.05) is 11.4 Å². The van der Waals surface area contributed by atoms with Crippen LogP contribution in [-0.2, 0) is 0 Å². The molecule has 1 aliphatic carbocycles. The van der Waals surface area contributed by atoms with Crippen molar-refractivity contribution >= 4 is 5.69 Å². The number of nitrogens with two attached hydrogens (primary N) is 1. The number of hydrogen-bond acceptors (Lipinski definition) is 2. The SMILES string of the molecule is CC(N)c1ccc(N2CCCC3CCCCC32)cc1. The first-order valence-electron chi connectivity index (χ1n) is 7.88. The summed E-state index contributed by atoms with van der Waals surface area (Å²) in [5.41, 5.74) is 8.58. The van der Waals surface area contributed by atoms with Crippen LogP contribution in [-0.4, -0.2) is 12.6 Å². The monoisotopic (exact) mass is 258 g/mol. The number of nitrogens with zero attached hydrogens (tertiary/aromatic N) is 1. The lowest BCUT2D eigenvalue weighted by Gasteiger charge is -2.45. The van der Waals surface area contributed by atoms with Gasteiger partial charge in [-0.1, -0.05) is 25.0 Å². The third kappa shape index (κ3) is 2.64. The minimum atomic E-state index is 0.137. The van der Waals surface area contributed by atoms with E-state index >= 15 is 0 Å². The number of anilines is 1. The molecular weight excluding hydrogens is 232 g/mol. The Kier molecular flexibility index (Phi) is 3.79. The molecule has 2 N–H and O–H groups in total. The molecule has 0 bridgehead atoms. The Morgan fingerprint density at radius 3 is 2.47 bits per heavy atom. The highest BCUT2D eigenvalue weighted by atomic mass is 15.2. The second kappa shape index (κ2) is 5.54. The molecule has 1 heterocycles. The first kappa shape index (κ1) is 13.0. The van der Waals surface area contributed by atoms with Crippen LogP contribution in [0, 0.1) is 5.92 Å². The van der Waals surface area contributed by atoms with Gasteiger partial charge in [-0.15, -0.1) is 0 Å². The summed E-state index contributed by atoms with van der Waals surface area (Å²) in [5, 5.41) is 0. The highest BCUT2D eigenvalue weighted by Crippen LogP contribution is 2.37. The number of rotatable bonds is 2. The zero-order valence-electron chi connectivity index (χ0n) is 12.0. The van der Waals surface area contributed by atoms with Gasteiger partial charge in [0.1, 0.15) is 0 Å². The molecular formula is C17H26N2.